The molecule has 0 aromatic heterocycles. The minimum absolute atomic E-state index is 0.452. The molecule has 0 radical (unpaired) electrons. The number of hydrogen-bond donors (Lipinski definition) is 0. The molecule has 0 nitrogen and oxygen atoms in total. The van der Waals surface area contributed by atoms with Gasteiger partial charge in [0.2, 0.25) is 0 Å². The van der Waals surface area contributed by atoms with Gasteiger partial charge < -0.3 is 0 Å². The van der Waals surface area contributed by atoms with Crippen LogP contribution in [0.3, 0.4) is 0 Å². The molecule has 2 rings (SSSR count). The van der Waals surface area contributed by atoms with Crippen molar-refractivity contribution in [3.05, 3.63) is 35.9 Å². The lowest BCUT2D eigenvalue weighted by Crippen LogP contribution is -2.05. The second kappa shape index (κ2) is 5.73. The first-order chi connectivity index (χ1) is 8.21. The maximum atomic E-state index is 2.66. The van der Waals surface area contributed by atoms with E-state index in [-0.39, 0.29) is 0 Å². The van der Waals surface area contributed by atoms with E-state index in [4.69, 9.17) is 0 Å². The standard InChI is InChI=1S/C16H23I/c1-3-4-5-9-12-14-15(17)16(14,2)13-10-7-6-8-11-13/h6-8,10-11,14-15H,3-5,9,12H2,1-2H3/t14-,15+,16+/m1/s1. The molecule has 0 heterocycles. The molecule has 0 spiro atoms. The highest BCUT2D eigenvalue weighted by Gasteiger charge is 2.59. The Morgan fingerprint density at radius 1 is 1.12 bits per heavy atom. The van der Waals surface area contributed by atoms with Crippen LogP contribution in [0.1, 0.15) is 51.5 Å². The molecule has 1 aromatic carbocycles. The van der Waals surface area contributed by atoms with Crippen molar-refractivity contribution in [2.45, 2.75) is 55.3 Å². The topological polar surface area (TPSA) is 0 Å². The van der Waals surface area contributed by atoms with Crippen molar-refractivity contribution in [3.8, 4) is 0 Å². The molecule has 1 aliphatic rings. The number of unbranched alkanes of at least 4 members (excludes halogenated alkanes) is 3. The van der Waals surface area contributed by atoms with Crippen LogP contribution in [0, 0.1) is 5.92 Å². The van der Waals surface area contributed by atoms with Gasteiger partial charge in [0.1, 0.15) is 0 Å². The summed E-state index contributed by atoms with van der Waals surface area (Å²) in [6.45, 7) is 4.73. The van der Waals surface area contributed by atoms with Crippen molar-refractivity contribution in [3.63, 3.8) is 0 Å². The monoisotopic (exact) mass is 342 g/mol. The molecule has 3 atom stereocenters. The predicted molar refractivity (Wildman–Crippen MR) is 83.9 cm³/mol. The van der Waals surface area contributed by atoms with E-state index < -0.39 is 0 Å². The molecule has 0 N–H and O–H groups in total. The van der Waals surface area contributed by atoms with Gasteiger partial charge in [-0.15, -0.1) is 0 Å². The van der Waals surface area contributed by atoms with Gasteiger partial charge in [-0.3, -0.25) is 0 Å². The summed E-state index contributed by atoms with van der Waals surface area (Å²) in [5.74, 6) is 0.905. The predicted octanol–water partition coefficient (Wildman–Crippen LogP) is 5.35. The van der Waals surface area contributed by atoms with E-state index in [9.17, 15) is 0 Å². The van der Waals surface area contributed by atoms with Crippen molar-refractivity contribution >= 4 is 22.6 Å². The fourth-order valence-electron chi connectivity index (χ4n) is 2.95. The van der Waals surface area contributed by atoms with Crippen molar-refractivity contribution in [1.82, 2.24) is 0 Å². The Kier molecular flexibility index (Phi) is 4.51. The smallest absolute Gasteiger partial charge is 0.0244 e. The summed E-state index contributed by atoms with van der Waals surface area (Å²) in [7, 11) is 0. The van der Waals surface area contributed by atoms with E-state index in [0.29, 0.717) is 5.41 Å². The Morgan fingerprint density at radius 2 is 1.82 bits per heavy atom. The largest absolute Gasteiger partial charge is 0.0813 e. The van der Waals surface area contributed by atoms with Gasteiger partial charge in [0.05, 0.1) is 0 Å². The van der Waals surface area contributed by atoms with Crippen LogP contribution in [0.15, 0.2) is 30.3 Å². The van der Waals surface area contributed by atoms with Crippen LogP contribution in [0.5, 0.6) is 0 Å². The second-order valence-corrected chi connectivity index (χ2v) is 6.85. The second-order valence-electron chi connectivity index (χ2n) is 5.51. The molecule has 0 bridgehead atoms. The van der Waals surface area contributed by atoms with Crippen LogP contribution < -0.4 is 0 Å². The summed E-state index contributed by atoms with van der Waals surface area (Å²) in [4.78, 5) is 0. The quantitative estimate of drug-likeness (QED) is 0.371. The third-order valence-corrected chi connectivity index (χ3v) is 6.51. The lowest BCUT2D eigenvalue weighted by Gasteiger charge is -2.11. The first-order valence-electron chi connectivity index (χ1n) is 6.90. The maximum Gasteiger partial charge on any atom is 0.0244 e. The Hall–Kier alpha value is -0.0500. The van der Waals surface area contributed by atoms with E-state index in [1.54, 1.807) is 5.56 Å². The van der Waals surface area contributed by atoms with E-state index in [2.05, 4.69) is 66.8 Å². The van der Waals surface area contributed by atoms with Crippen molar-refractivity contribution in [2.24, 2.45) is 5.92 Å². The molecule has 0 aliphatic heterocycles. The zero-order chi connectivity index (χ0) is 12.3. The molecule has 0 saturated heterocycles. The highest BCUT2D eigenvalue weighted by Crippen LogP contribution is 2.60. The minimum Gasteiger partial charge on any atom is -0.0813 e. The van der Waals surface area contributed by atoms with Crippen LogP contribution in [-0.4, -0.2) is 3.92 Å². The van der Waals surface area contributed by atoms with Crippen LogP contribution >= 0.6 is 22.6 Å². The molecule has 1 saturated carbocycles. The van der Waals surface area contributed by atoms with Gasteiger partial charge in [-0.2, -0.15) is 0 Å². The van der Waals surface area contributed by atoms with E-state index in [1.165, 1.54) is 32.1 Å². The summed E-state index contributed by atoms with van der Waals surface area (Å²) in [5.41, 5.74) is 1.99. The fraction of sp³-hybridized carbons (Fsp3) is 0.625. The van der Waals surface area contributed by atoms with Crippen LogP contribution in [-0.2, 0) is 5.41 Å². The summed E-state index contributed by atoms with van der Waals surface area (Å²) in [5, 5.41) is 0. The van der Waals surface area contributed by atoms with Gasteiger partial charge >= 0.3 is 0 Å². The summed E-state index contributed by atoms with van der Waals surface area (Å²) < 4.78 is 0.837. The SMILES string of the molecule is CCCCCC[C@@H]1[C@H](I)[C@@]1(C)c1ccccc1. The van der Waals surface area contributed by atoms with Crippen LogP contribution in [0.2, 0.25) is 0 Å². The maximum absolute atomic E-state index is 2.66. The highest BCUT2D eigenvalue weighted by atomic mass is 127. The van der Waals surface area contributed by atoms with Gasteiger partial charge in [0.25, 0.3) is 0 Å². The van der Waals surface area contributed by atoms with Crippen molar-refractivity contribution in [1.29, 1.82) is 0 Å². The highest BCUT2D eigenvalue weighted by molar-refractivity contribution is 14.1. The molecule has 1 aromatic rings. The molecule has 1 fully saturated rings. The van der Waals surface area contributed by atoms with E-state index in [1.807, 2.05) is 0 Å². The van der Waals surface area contributed by atoms with Gasteiger partial charge in [-0.05, 0) is 17.9 Å². The Balaban J connectivity index is 1.90. The van der Waals surface area contributed by atoms with E-state index in [0.717, 1.165) is 9.84 Å². The number of rotatable bonds is 6. The first kappa shape index (κ1) is 13.4. The molecule has 1 aliphatic carbocycles. The van der Waals surface area contributed by atoms with Crippen molar-refractivity contribution < 1.29 is 0 Å². The number of halogens is 1. The molecular formula is C16H23I. The van der Waals surface area contributed by atoms with Gasteiger partial charge in [0.15, 0.2) is 0 Å². The average Bonchev–Trinajstić information content (AvgIpc) is 2.90. The number of benzene rings is 1. The Morgan fingerprint density at radius 3 is 2.47 bits per heavy atom. The minimum atomic E-state index is 0.452. The molecular weight excluding hydrogens is 319 g/mol. The number of alkyl halides is 1. The van der Waals surface area contributed by atoms with Gasteiger partial charge in [-0.1, -0.05) is 92.5 Å². The molecule has 94 valence electrons. The van der Waals surface area contributed by atoms with Crippen molar-refractivity contribution in [2.75, 3.05) is 0 Å². The number of hydrogen-bond acceptors (Lipinski definition) is 0. The Labute approximate surface area is 119 Å². The molecule has 0 unspecified atom stereocenters. The molecule has 17 heavy (non-hydrogen) atoms. The van der Waals surface area contributed by atoms with E-state index >= 15 is 0 Å². The third kappa shape index (κ3) is 2.69. The van der Waals surface area contributed by atoms with Gasteiger partial charge in [0, 0.05) is 9.34 Å². The summed E-state index contributed by atoms with van der Waals surface area (Å²) in [6.07, 6.45) is 7.00. The lowest BCUT2D eigenvalue weighted by molar-refractivity contribution is 0.552. The van der Waals surface area contributed by atoms with Crippen LogP contribution in [0.4, 0.5) is 0 Å². The lowest BCUT2D eigenvalue weighted by atomic mass is 9.93. The summed E-state index contributed by atoms with van der Waals surface area (Å²) >= 11 is 2.66. The van der Waals surface area contributed by atoms with Gasteiger partial charge in [-0.25, -0.2) is 0 Å². The molecule has 0 amide bonds. The average molecular weight is 342 g/mol. The first-order valence-corrected chi connectivity index (χ1v) is 8.15. The zero-order valence-electron chi connectivity index (χ0n) is 11.0. The molecule has 1 heteroatoms. The third-order valence-electron chi connectivity index (χ3n) is 4.35. The fourth-order valence-corrected chi connectivity index (χ4v) is 4.67. The summed E-state index contributed by atoms with van der Waals surface area (Å²) in [6, 6.07) is 11.1. The normalized spacial score (nSPS) is 31.5. The Bertz CT molecular complexity index is 346. The van der Waals surface area contributed by atoms with Crippen LogP contribution in [0.25, 0.3) is 0 Å². The zero-order valence-corrected chi connectivity index (χ0v) is 13.1.